The lowest BCUT2D eigenvalue weighted by molar-refractivity contribution is 0.113. The van der Waals surface area contributed by atoms with Gasteiger partial charge in [-0.15, -0.1) is 0 Å². The molecular formula is C20H26N4O2. The lowest BCUT2D eigenvalue weighted by Crippen LogP contribution is -2.32. The molecule has 2 aromatic rings. The highest BCUT2D eigenvalue weighted by Gasteiger charge is 2.39. The number of aromatic nitrogens is 1. The highest BCUT2D eigenvalue weighted by atomic mass is 16.5. The first kappa shape index (κ1) is 16.8. The molecule has 3 N–H and O–H groups in total. The molecule has 2 atom stereocenters. The van der Waals surface area contributed by atoms with E-state index >= 15 is 0 Å². The van der Waals surface area contributed by atoms with Crippen molar-refractivity contribution in [1.29, 1.82) is 5.41 Å². The number of fused-ring (bicyclic) bond motifs is 1. The number of ether oxygens (including phenoxy) is 2. The second-order valence-corrected chi connectivity index (χ2v) is 6.71. The van der Waals surface area contributed by atoms with Crippen molar-refractivity contribution in [2.45, 2.75) is 31.9 Å². The molecule has 0 aliphatic carbocycles. The van der Waals surface area contributed by atoms with Gasteiger partial charge in [0.1, 0.15) is 11.6 Å². The number of hydrogen-bond donors (Lipinski definition) is 2. The Labute approximate surface area is 154 Å². The maximum absolute atomic E-state index is 8.65. The van der Waals surface area contributed by atoms with Crippen LogP contribution in [0.1, 0.15) is 32.3 Å². The lowest BCUT2D eigenvalue weighted by atomic mass is 10.0. The first-order valence-corrected chi connectivity index (χ1v) is 9.13. The van der Waals surface area contributed by atoms with Crippen LogP contribution in [0.4, 0.5) is 11.5 Å². The van der Waals surface area contributed by atoms with E-state index in [1.807, 2.05) is 31.2 Å². The third-order valence-electron chi connectivity index (χ3n) is 5.16. The Hall–Kier alpha value is -2.60. The van der Waals surface area contributed by atoms with Crippen LogP contribution in [0.15, 0.2) is 36.5 Å². The van der Waals surface area contributed by atoms with Gasteiger partial charge in [-0.05, 0) is 50.1 Å². The number of pyridine rings is 1. The molecule has 6 heteroatoms. The van der Waals surface area contributed by atoms with Crippen molar-refractivity contribution < 1.29 is 10.9 Å². The summed E-state index contributed by atoms with van der Waals surface area (Å²) in [6.45, 7) is 4.28. The summed E-state index contributed by atoms with van der Waals surface area (Å²) in [6, 6.07) is 9.69. The average molecular weight is 354 g/mol. The van der Waals surface area contributed by atoms with Gasteiger partial charge in [-0.1, -0.05) is 0 Å². The normalized spacial score (nSPS) is 21.7. The number of nitrogen functional groups attached to an aromatic ring is 1. The predicted octanol–water partition coefficient (Wildman–Crippen LogP) is 3.09. The molecule has 2 fully saturated rings. The summed E-state index contributed by atoms with van der Waals surface area (Å²) < 4.78 is 11.3. The standard InChI is InChI=1S/C20H24N4O2.H2/c1-2-25-14-3-4-16(21)15(12-14)20(22)13-5-8-23-19(11-13)24-9-6-18-17(24)7-10-26-18;/h3-5,8,11-12,17-18,22H,2,6-7,9-10,21H2,1H3;1H. The molecule has 2 aliphatic heterocycles. The van der Waals surface area contributed by atoms with Gasteiger partial charge in [-0.3, -0.25) is 5.41 Å². The molecule has 2 unspecified atom stereocenters. The van der Waals surface area contributed by atoms with Gasteiger partial charge in [0.25, 0.3) is 0 Å². The molecule has 3 heterocycles. The molecule has 6 nitrogen and oxygen atoms in total. The van der Waals surface area contributed by atoms with E-state index < -0.39 is 0 Å². The maximum atomic E-state index is 8.65. The third kappa shape index (κ3) is 3.01. The molecule has 0 amide bonds. The second kappa shape index (κ2) is 6.96. The maximum Gasteiger partial charge on any atom is 0.129 e. The molecule has 26 heavy (non-hydrogen) atoms. The predicted molar refractivity (Wildman–Crippen MR) is 104 cm³/mol. The van der Waals surface area contributed by atoms with Gasteiger partial charge in [0, 0.05) is 37.6 Å². The SMILES string of the molecule is CCOc1ccc(N)c(C(=N)c2ccnc(N3CCC4OCCC43)c2)c1.[HH]. The number of benzene rings is 1. The molecular weight excluding hydrogens is 328 g/mol. The molecule has 1 aromatic heterocycles. The minimum absolute atomic E-state index is 0. The van der Waals surface area contributed by atoms with Crippen LogP contribution in [0.5, 0.6) is 5.75 Å². The summed E-state index contributed by atoms with van der Waals surface area (Å²) in [4.78, 5) is 6.86. The van der Waals surface area contributed by atoms with Crippen molar-refractivity contribution in [2.24, 2.45) is 0 Å². The summed E-state index contributed by atoms with van der Waals surface area (Å²) >= 11 is 0. The fourth-order valence-electron chi connectivity index (χ4n) is 3.88. The number of rotatable bonds is 5. The summed E-state index contributed by atoms with van der Waals surface area (Å²) in [6.07, 6.45) is 4.16. The van der Waals surface area contributed by atoms with E-state index in [9.17, 15) is 0 Å². The fourth-order valence-corrected chi connectivity index (χ4v) is 3.88. The summed E-state index contributed by atoms with van der Waals surface area (Å²) in [7, 11) is 0. The summed E-state index contributed by atoms with van der Waals surface area (Å²) in [5.74, 6) is 1.63. The van der Waals surface area contributed by atoms with E-state index in [0.29, 0.717) is 35.7 Å². The molecule has 2 aliphatic rings. The smallest absolute Gasteiger partial charge is 0.129 e. The second-order valence-electron chi connectivity index (χ2n) is 6.71. The van der Waals surface area contributed by atoms with Gasteiger partial charge in [0.2, 0.25) is 0 Å². The van der Waals surface area contributed by atoms with Crippen LogP contribution in [0, 0.1) is 5.41 Å². The van der Waals surface area contributed by atoms with Gasteiger partial charge in [0.05, 0.1) is 24.5 Å². The van der Waals surface area contributed by atoms with E-state index in [1.165, 1.54) is 0 Å². The molecule has 0 bridgehead atoms. The van der Waals surface area contributed by atoms with Gasteiger partial charge in [-0.2, -0.15) is 0 Å². The van der Waals surface area contributed by atoms with Crippen LogP contribution in [0.25, 0.3) is 0 Å². The van der Waals surface area contributed by atoms with Crippen molar-refractivity contribution in [1.82, 2.24) is 4.98 Å². The highest BCUT2D eigenvalue weighted by Crippen LogP contribution is 2.33. The number of nitrogens with one attached hydrogen (secondary N) is 1. The Morgan fingerprint density at radius 2 is 2.27 bits per heavy atom. The molecule has 2 saturated heterocycles. The van der Waals surface area contributed by atoms with E-state index in [1.54, 1.807) is 12.3 Å². The Bertz CT molecular complexity index is 829. The first-order chi connectivity index (χ1) is 12.7. The molecule has 0 saturated carbocycles. The zero-order valence-electron chi connectivity index (χ0n) is 14.9. The number of hydrogen-bond acceptors (Lipinski definition) is 6. The minimum atomic E-state index is 0. The zero-order valence-corrected chi connectivity index (χ0v) is 14.9. The van der Waals surface area contributed by atoms with Crippen molar-refractivity contribution in [3.63, 3.8) is 0 Å². The largest absolute Gasteiger partial charge is 0.494 e. The quantitative estimate of drug-likeness (QED) is 0.637. The first-order valence-electron chi connectivity index (χ1n) is 9.13. The van der Waals surface area contributed by atoms with E-state index in [2.05, 4.69) is 9.88 Å². The number of nitrogens with two attached hydrogens (primary N) is 1. The third-order valence-corrected chi connectivity index (χ3v) is 5.16. The van der Waals surface area contributed by atoms with Gasteiger partial charge in [0.15, 0.2) is 0 Å². The van der Waals surface area contributed by atoms with Crippen LogP contribution in [-0.4, -0.2) is 42.6 Å². The zero-order chi connectivity index (χ0) is 18.1. The topological polar surface area (TPSA) is 84.5 Å². The Kier molecular flexibility index (Phi) is 4.51. The van der Waals surface area contributed by atoms with Gasteiger partial charge in [-0.25, -0.2) is 4.98 Å². The number of nitrogens with zero attached hydrogens (tertiary/aromatic N) is 2. The Morgan fingerprint density at radius 3 is 3.12 bits per heavy atom. The molecule has 4 rings (SSSR count). The number of anilines is 2. The van der Waals surface area contributed by atoms with Crippen molar-refractivity contribution in [3.05, 3.63) is 47.7 Å². The molecule has 138 valence electrons. The summed E-state index contributed by atoms with van der Waals surface area (Å²) in [5, 5.41) is 8.65. The molecule has 0 radical (unpaired) electrons. The highest BCUT2D eigenvalue weighted by molar-refractivity contribution is 6.14. The fraction of sp³-hybridized carbons (Fsp3) is 0.400. The molecule has 1 aromatic carbocycles. The van der Waals surface area contributed by atoms with Crippen LogP contribution in [0.3, 0.4) is 0 Å². The lowest BCUT2D eigenvalue weighted by Gasteiger charge is -2.24. The monoisotopic (exact) mass is 354 g/mol. The van der Waals surface area contributed by atoms with Crippen LogP contribution >= 0.6 is 0 Å². The van der Waals surface area contributed by atoms with E-state index in [0.717, 1.165) is 43.1 Å². The molecule has 0 spiro atoms. The van der Waals surface area contributed by atoms with Crippen molar-refractivity contribution in [2.75, 3.05) is 30.4 Å². The van der Waals surface area contributed by atoms with Crippen molar-refractivity contribution >= 4 is 17.2 Å². The average Bonchev–Trinajstić information content (AvgIpc) is 3.27. The van der Waals surface area contributed by atoms with Gasteiger partial charge < -0.3 is 20.1 Å². The van der Waals surface area contributed by atoms with Crippen LogP contribution < -0.4 is 15.4 Å². The van der Waals surface area contributed by atoms with Gasteiger partial charge >= 0.3 is 0 Å². The van der Waals surface area contributed by atoms with Crippen LogP contribution in [0.2, 0.25) is 0 Å². The van der Waals surface area contributed by atoms with Crippen molar-refractivity contribution in [3.8, 4) is 5.75 Å². The summed E-state index contributed by atoms with van der Waals surface area (Å²) in [5.41, 5.74) is 8.55. The van der Waals surface area contributed by atoms with Crippen LogP contribution in [-0.2, 0) is 4.74 Å². The van der Waals surface area contributed by atoms with E-state index in [-0.39, 0.29) is 1.43 Å². The minimum Gasteiger partial charge on any atom is -0.494 e. The van der Waals surface area contributed by atoms with E-state index in [4.69, 9.17) is 20.6 Å². The Balaban J connectivity index is 0.00000210. The Morgan fingerprint density at radius 1 is 1.38 bits per heavy atom.